The van der Waals surface area contributed by atoms with Crippen molar-refractivity contribution >= 4 is 39.5 Å². The third-order valence-electron chi connectivity index (χ3n) is 4.82. The molecule has 0 radical (unpaired) electrons. The van der Waals surface area contributed by atoms with E-state index in [-0.39, 0.29) is 0 Å². The van der Waals surface area contributed by atoms with Crippen molar-refractivity contribution in [3.8, 4) is 11.3 Å². The van der Waals surface area contributed by atoms with Crippen LogP contribution in [0.2, 0.25) is 0 Å². The molecule has 0 saturated heterocycles. The molecular weight excluding hydrogens is 449 g/mol. The molecular formula is C23H24INO2. The lowest BCUT2D eigenvalue weighted by Gasteiger charge is -2.09. The van der Waals surface area contributed by atoms with Crippen LogP contribution < -0.4 is 0 Å². The van der Waals surface area contributed by atoms with E-state index in [0.717, 1.165) is 15.6 Å². The summed E-state index contributed by atoms with van der Waals surface area (Å²) in [7, 11) is 0. The Hall–Kier alpha value is -1.95. The Bertz CT molecular complexity index is 935. The molecule has 140 valence electrons. The van der Waals surface area contributed by atoms with Gasteiger partial charge >= 0.3 is 5.97 Å². The standard InChI is InChI=1S/C23H24INO2/c1-2-3-4-5-6-7-16-8-10-17(11-9-16)22-15-20(23(26)27)19-14-18(24)12-13-21(19)25-22/h8-15H,2-7H2,1H3,(H,26,27). The number of hydrogen-bond donors (Lipinski definition) is 1. The number of unbranched alkanes of at least 4 members (excludes halogenated alkanes) is 4. The average Bonchev–Trinajstić information content (AvgIpc) is 2.67. The molecule has 0 aliphatic rings. The molecule has 0 aliphatic carbocycles. The summed E-state index contributed by atoms with van der Waals surface area (Å²) in [5, 5.41) is 10.3. The van der Waals surface area contributed by atoms with Gasteiger partial charge in [0.05, 0.1) is 16.8 Å². The van der Waals surface area contributed by atoms with Crippen molar-refractivity contribution in [3.63, 3.8) is 0 Å². The van der Waals surface area contributed by atoms with Gasteiger partial charge in [-0.15, -0.1) is 0 Å². The van der Waals surface area contributed by atoms with Crippen LogP contribution >= 0.6 is 22.6 Å². The fourth-order valence-electron chi connectivity index (χ4n) is 3.30. The highest BCUT2D eigenvalue weighted by Crippen LogP contribution is 2.27. The molecule has 0 atom stereocenters. The second-order valence-corrected chi connectivity index (χ2v) is 8.13. The number of nitrogens with zero attached hydrogens (tertiary/aromatic N) is 1. The number of carbonyl (C=O) groups is 1. The number of aromatic carboxylic acids is 1. The summed E-state index contributed by atoms with van der Waals surface area (Å²) in [6.45, 7) is 2.23. The van der Waals surface area contributed by atoms with Crippen LogP contribution in [0.3, 0.4) is 0 Å². The zero-order valence-electron chi connectivity index (χ0n) is 15.5. The molecule has 4 heteroatoms. The van der Waals surface area contributed by atoms with Gasteiger partial charge in [-0.3, -0.25) is 0 Å². The van der Waals surface area contributed by atoms with Gasteiger partial charge in [0.2, 0.25) is 0 Å². The van der Waals surface area contributed by atoms with Crippen LogP contribution in [-0.4, -0.2) is 16.1 Å². The van der Waals surface area contributed by atoms with E-state index in [2.05, 4.69) is 46.6 Å². The van der Waals surface area contributed by atoms with Gasteiger partial charge in [0.15, 0.2) is 0 Å². The normalized spacial score (nSPS) is 11.0. The Morgan fingerprint density at radius 3 is 2.44 bits per heavy atom. The number of carboxylic acids is 1. The molecule has 3 rings (SSSR count). The van der Waals surface area contributed by atoms with Gasteiger partial charge in [-0.25, -0.2) is 9.78 Å². The van der Waals surface area contributed by atoms with E-state index in [1.807, 2.05) is 30.3 Å². The molecule has 1 heterocycles. The SMILES string of the molecule is CCCCCCCc1ccc(-c2cc(C(=O)O)c3cc(I)ccc3n2)cc1. The first-order valence-electron chi connectivity index (χ1n) is 9.51. The van der Waals surface area contributed by atoms with E-state index in [4.69, 9.17) is 0 Å². The number of aryl methyl sites for hydroxylation is 1. The molecule has 0 amide bonds. The predicted molar refractivity (Wildman–Crippen MR) is 119 cm³/mol. The van der Waals surface area contributed by atoms with E-state index in [0.29, 0.717) is 22.2 Å². The molecule has 0 spiro atoms. The Kier molecular flexibility index (Phi) is 6.83. The third-order valence-corrected chi connectivity index (χ3v) is 5.49. The van der Waals surface area contributed by atoms with Crippen LogP contribution in [0, 0.1) is 3.57 Å². The lowest BCUT2D eigenvalue weighted by molar-refractivity contribution is 0.0699. The summed E-state index contributed by atoms with van der Waals surface area (Å²) in [5.41, 5.74) is 3.99. The number of fused-ring (bicyclic) bond motifs is 1. The Morgan fingerprint density at radius 2 is 1.74 bits per heavy atom. The first-order chi connectivity index (χ1) is 13.1. The Balaban J connectivity index is 1.82. The summed E-state index contributed by atoms with van der Waals surface area (Å²) >= 11 is 2.19. The van der Waals surface area contributed by atoms with E-state index < -0.39 is 5.97 Å². The van der Waals surface area contributed by atoms with Crippen LogP contribution in [0.4, 0.5) is 0 Å². The zero-order chi connectivity index (χ0) is 19.2. The predicted octanol–water partition coefficient (Wildman–Crippen LogP) is 6.72. The first-order valence-corrected chi connectivity index (χ1v) is 10.6. The van der Waals surface area contributed by atoms with Crippen molar-refractivity contribution in [2.75, 3.05) is 0 Å². The monoisotopic (exact) mass is 473 g/mol. The van der Waals surface area contributed by atoms with Gasteiger partial charge in [0.25, 0.3) is 0 Å². The summed E-state index contributed by atoms with van der Waals surface area (Å²) in [6, 6.07) is 15.8. The second kappa shape index (κ2) is 9.31. The van der Waals surface area contributed by atoms with Gasteiger partial charge in [0.1, 0.15) is 0 Å². The minimum Gasteiger partial charge on any atom is -0.478 e. The fourth-order valence-corrected chi connectivity index (χ4v) is 3.79. The summed E-state index contributed by atoms with van der Waals surface area (Å²) in [6.07, 6.45) is 7.49. The van der Waals surface area contributed by atoms with Crippen molar-refractivity contribution in [1.82, 2.24) is 4.98 Å². The number of pyridine rings is 1. The molecule has 2 aromatic carbocycles. The number of benzene rings is 2. The maximum atomic E-state index is 11.7. The third kappa shape index (κ3) is 5.06. The van der Waals surface area contributed by atoms with E-state index in [1.54, 1.807) is 6.07 Å². The molecule has 0 bridgehead atoms. The maximum absolute atomic E-state index is 11.7. The zero-order valence-corrected chi connectivity index (χ0v) is 17.7. The van der Waals surface area contributed by atoms with Gasteiger partial charge in [-0.2, -0.15) is 0 Å². The molecule has 0 aliphatic heterocycles. The van der Waals surface area contributed by atoms with Crippen molar-refractivity contribution in [3.05, 3.63) is 63.2 Å². The minimum absolute atomic E-state index is 0.300. The van der Waals surface area contributed by atoms with Crippen LogP contribution in [-0.2, 0) is 6.42 Å². The van der Waals surface area contributed by atoms with Gasteiger partial charge in [-0.1, -0.05) is 56.9 Å². The quantitative estimate of drug-likeness (QED) is 0.292. The van der Waals surface area contributed by atoms with Crippen LogP contribution in [0.25, 0.3) is 22.2 Å². The lowest BCUT2D eigenvalue weighted by Crippen LogP contribution is -2.00. The number of aromatic nitrogens is 1. The smallest absolute Gasteiger partial charge is 0.336 e. The number of rotatable bonds is 8. The summed E-state index contributed by atoms with van der Waals surface area (Å²) in [5.74, 6) is -0.922. The molecule has 3 aromatic rings. The van der Waals surface area contributed by atoms with E-state index in [9.17, 15) is 9.90 Å². The highest BCUT2D eigenvalue weighted by Gasteiger charge is 2.13. The summed E-state index contributed by atoms with van der Waals surface area (Å²) in [4.78, 5) is 16.4. The Morgan fingerprint density at radius 1 is 1.00 bits per heavy atom. The lowest BCUT2D eigenvalue weighted by atomic mass is 10.0. The Labute approximate surface area is 174 Å². The molecule has 0 unspecified atom stereocenters. The molecule has 1 N–H and O–H groups in total. The highest BCUT2D eigenvalue weighted by atomic mass is 127. The van der Waals surface area contributed by atoms with E-state index >= 15 is 0 Å². The van der Waals surface area contributed by atoms with Crippen molar-refractivity contribution in [1.29, 1.82) is 0 Å². The topological polar surface area (TPSA) is 50.2 Å². The highest BCUT2D eigenvalue weighted by molar-refractivity contribution is 14.1. The van der Waals surface area contributed by atoms with Crippen molar-refractivity contribution in [2.45, 2.75) is 45.4 Å². The van der Waals surface area contributed by atoms with Crippen molar-refractivity contribution in [2.24, 2.45) is 0 Å². The first kappa shape index (κ1) is 19.8. The number of halogens is 1. The minimum atomic E-state index is -0.922. The fraction of sp³-hybridized carbons (Fsp3) is 0.304. The molecule has 3 nitrogen and oxygen atoms in total. The van der Waals surface area contributed by atoms with Gasteiger partial charge in [0, 0.05) is 14.5 Å². The van der Waals surface area contributed by atoms with Gasteiger partial charge in [-0.05, 0) is 65.3 Å². The maximum Gasteiger partial charge on any atom is 0.336 e. The second-order valence-electron chi connectivity index (χ2n) is 6.88. The molecule has 0 fully saturated rings. The van der Waals surface area contributed by atoms with Crippen molar-refractivity contribution < 1.29 is 9.90 Å². The van der Waals surface area contributed by atoms with Crippen LogP contribution in [0.1, 0.15) is 54.9 Å². The van der Waals surface area contributed by atoms with Crippen LogP contribution in [0.15, 0.2) is 48.5 Å². The average molecular weight is 473 g/mol. The van der Waals surface area contributed by atoms with Crippen LogP contribution in [0.5, 0.6) is 0 Å². The number of carboxylic acid groups (broad SMARTS) is 1. The molecule has 0 saturated carbocycles. The summed E-state index contributed by atoms with van der Waals surface area (Å²) < 4.78 is 1.00. The molecule has 1 aromatic heterocycles. The number of hydrogen-bond acceptors (Lipinski definition) is 2. The van der Waals surface area contributed by atoms with Gasteiger partial charge < -0.3 is 5.11 Å². The van der Waals surface area contributed by atoms with E-state index in [1.165, 1.54) is 37.7 Å². The largest absolute Gasteiger partial charge is 0.478 e. The molecule has 27 heavy (non-hydrogen) atoms.